The zero-order chi connectivity index (χ0) is 21.1. The third-order valence-corrected chi connectivity index (χ3v) is 5.71. The first-order chi connectivity index (χ1) is 12.9. The van der Waals surface area contributed by atoms with E-state index >= 15 is 0 Å². The second-order valence-electron chi connectivity index (χ2n) is 7.70. The lowest BCUT2D eigenvalue weighted by molar-refractivity contribution is -0.129. The normalized spacial score (nSPS) is 11.8. The summed E-state index contributed by atoms with van der Waals surface area (Å²) >= 11 is 0. The van der Waals surface area contributed by atoms with Gasteiger partial charge < -0.3 is 4.74 Å². The number of nitrogens with one attached hydrogen (secondary N) is 1. The number of rotatable bonds is 6. The summed E-state index contributed by atoms with van der Waals surface area (Å²) < 4.78 is 33.1. The summed E-state index contributed by atoms with van der Waals surface area (Å²) in [6, 6.07) is 11.2. The number of hydrogen-bond donors (Lipinski definition) is 1. The lowest BCUT2D eigenvalue weighted by Gasteiger charge is -2.16. The van der Waals surface area contributed by atoms with Crippen LogP contribution in [0, 0.1) is 19.3 Å². The van der Waals surface area contributed by atoms with Gasteiger partial charge in [-0.1, -0.05) is 44.5 Å². The molecule has 0 spiro atoms. The van der Waals surface area contributed by atoms with Crippen LogP contribution >= 0.6 is 0 Å². The highest BCUT2D eigenvalue weighted by molar-refractivity contribution is 7.92. The zero-order valence-corrected chi connectivity index (χ0v) is 17.5. The van der Waals surface area contributed by atoms with Crippen molar-refractivity contribution in [3.05, 3.63) is 59.2 Å². The first-order valence-electron chi connectivity index (χ1n) is 8.81. The van der Waals surface area contributed by atoms with E-state index in [1.54, 1.807) is 52.0 Å². The largest absolute Gasteiger partial charge is 0.454 e. The van der Waals surface area contributed by atoms with Crippen LogP contribution in [0.3, 0.4) is 0 Å². The molecule has 0 amide bonds. The molecule has 0 radical (unpaired) electrons. The fraction of sp³-hybridized carbons (Fsp3) is 0.333. The molecule has 0 atom stereocenters. The molecule has 2 rings (SSSR count). The number of sulfonamides is 1. The summed E-state index contributed by atoms with van der Waals surface area (Å²) in [5.74, 6) is -0.966. The number of benzene rings is 2. The topological polar surface area (TPSA) is 89.5 Å². The van der Waals surface area contributed by atoms with E-state index in [1.165, 1.54) is 18.2 Å². The van der Waals surface area contributed by atoms with E-state index < -0.39 is 21.4 Å². The van der Waals surface area contributed by atoms with Crippen LogP contribution in [0.4, 0.5) is 5.69 Å². The van der Waals surface area contributed by atoms with Crippen molar-refractivity contribution in [1.82, 2.24) is 0 Å². The molecule has 0 aliphatic heterocycles. The summed E-state index contributed by atoms with van der Waals surface area (Å²) in [7, 11) is -3.89. The van der Waals surface area contributed by atoms with Crippen molar-refractivity contribution in [2.75, 3.05) is 11.3 Å². The van der Waals surface area contributed by atoms with Gasteiger partial charge in [-0.05, 0) is 43.7 Å². The van der Waals surface area contributed by atoms with Crippen LogP contribution in [0.25, 0.3) is 0 Å². The summed E-state index contributed by atoms with van der Waals surface area (Å²) in [6.45, 7) is 8.38. The van der Waals surface area contributed by atoms with Gasteiger partial charge in [0.15, 0.2) is 12.4 Å². The van der Waals surface area contributed by atoms with Gasteiger partial charge in [-0.25, -0.2) is 13.2 Å². The van der Waals surface area contributed by atoms with Gasteiger partial charge >= 0.3 is 5.97 Å². The molecule has 0 bridgehead atoms. The van der Waals surface area contributed by atoms with Crippen LogP contribution < -0.4 is 4.72 Å². The highest BCUT2D eigenvalue weighted by Gasteiger charge is 2.24. The molecule has 0 heterocycles. The molecule has 150 valence electrons. The average Bonchev–Trinajstić information content (AvgIpc) is 2.60. The number of carbonyl (C=O) groups excluding carboxylic acids is 2. The summed E-state index contributed by atoms with van der Waals surface area (Å²) in [4.78, 5) is 24.2. The van der Waals surface area contributed by atoms with Crippen LogP contribution in [-0.4, -0.2) is 26.8 Å². The molecule has 2 aromatic carbocycles. The van der Waals surface area contributed by atoms with Crippen molar-refractivity contribution in [3.8, 4) is 0 Å². The monoisotopic (exact) mass is 403 g/mol. The number of Topliss-reactive ketones (excluding diaryl/α,β-unsaturated/α-hetero) is 1. The van der Waals surface area contributed by atoms with Crippen LogP contribution in [-0.2, 0) is 19.6 Å². The van der Waals surface area contributed by atoms with Crippen molar-refractivity contribution in [2.45, 2.75) is 39.5 Å². The average molecular weight is 404 g/mol. The minimum atomic E-state index is -3.89. The number of anilines is 1. The Bertz CT molecular complexity index is 986. The fourth-order valence-corrected chi connectivity index (χ4v) is 3.61. The molecule has 0 saturated carbocycles. The Labute approximate surface area is 166 Å². The molecule has 0 saturated heterocycles. The van der Waals surface area contributed by atoms with E-state index in [2.05, 4.69) is 4.72 Å². The molecule has 28 heavy (non-hydrogen) atoms. The second-order valence-corrected chi connectivity index (χ2v) is 9.35. The third kappa shape index (κ3) is 5.42. The number of carbonyl (C=O) groups is 2. The lowest BCUT2D eigenvalue weighted by Crippen LogP contribution is -2.26. The number of ether oxygens (including phenoxy) is 1. The second kappa shape index (κ2) is 8.14. The Morgan fingerprint density at radius 2 is 1.61 bits per heavy atom. The highest BCUT2D eigenvalue weighted by Crippen LogP contribution is 2.22. The highest BCUT2D eigenvalue weighted by atomic mass is 32.2. The first-order valence-corrected chi connectivity index (χ1v) is 10.3. The Morgan fingerprint density at radius 3 is 2.18 bits per heavy atom. The van der Waals surface area contributed by atoms with Crippen LogP contribution in [0.5, 0.6) is 0 Å². The van der Waals surface area contributed by atoms with Crippen molar-refractivity contribution >= 4 is 27.5 Å². The predicted molar refractivity (Wildman–Crippen MR) is 108 cm³/mol. The molecule has 7 heteroatoms. The number of esters is 1. The Balaban J connectivity index is 2.23. The summed E-state index contributed by atoms with van der Waals surface area (Å²) in [5.41, 5.74) is 1.36. The Hall–Kier alpha value is -2.67. The SMILES string of the molecule is Cc1ccc(NS(=O)(=O)c2cc(C(=O)OCC(=O)C(C)(C)C)ccc2C)cc1. The number of ketones is 1. The first kappa shape index (κ1) is 21.6. The molecular formula is C21H25NO5S. The third-order valence-electron chi connectivity index (χ3n) is 4.19. The molecule has 1 N–H and O–H groups in total. The van der Waals surface area contributed by atoms with E-state index in [-0.39, 0.29) is 22.8 Å². The van der Waals surface area contributed by atoms with E-state index in [0.29, 0.717) is 11.3 Å². The molecular weight excluding hydrogens is 378 g/mol. The van der Waals surface area contributed by atoms with Crippen molar-refractivity contribution in [2.24, 2.45) is 5.41 Å². The van der Waals surface area contributed by atoms with Crippen molar-refractivity contribution in [3.63, 3.8) is 0 Å². The van der Waals surface area contributed by atoms with Gasteiger partial charge in [-0.3, -0.25) is 9.52 Å². The van der Waals surface area contributed by atoms with Gasteiger partial charge in [0, 0.05) is 11.1 Å². The maximum absolute atomic E-state index is 12.8. The smallest absolute Gasteiger partial charge is 0.338 e. The van der Waals surface area contributed by atoms with Crippen LogP contribution in [0.15, 0.2) is 47.4 Å². The van der Waals surface area contributed by atoms with Gasteiger partial charge in [0.2, 0.25) is 0 Å². The van der Waals surface area contributed by atoms with E-state index in [0.717, 1.165) is 5.56 Å². The summed E-state index contributed by atoms with van der Waals surface area (Å²) in [5, 5.41) is 0. The standard InChI is InChI=1S/C21H25NO5S/c1-14-6-10-17(11-7-14)22-28(25,26)18-12-16(9-8-15(18)2)20(24)27-13-19(23)21(3,4)5/h6-12,22H,13H2,1-5H3. The Morgan fingerprint density at radius 1 is 1.00 bits per heavy atom. The zero-order valence-electron chi connectivity index (χ0n) is 16.7. The Kier molecular flexibility index (Phi) is 6.29. The lowest BCUT2D eigenvalue weighted by atomic mass is 9.91. The molecule has 0 aromatic heterocycles. The molecule has 0 unspecified atom stereocenters. The maximum atomic E-state index is 12.8. The van der Waals surface area contributed by atoms with E-state index in [1.807, 2.05) is 6.92 Å². The number of hydrogen-bond acceptors (Lipinski definition) is 5. The van der Waals surface area contributed by atoms with Gasteiger partial charge in [0.05, 0.1) is 10.5 Å². The molecule has 0 fully saturated rings. The van der Waals surface area contributed by atoms with Crippen molar-refractivity contribution < 1.29 is 22.7 Å². The molecule has 2 aromatic rings. The van der Waals surface area contributed by atoms with Gasteiger partial charge in [-0.15, -0.1) is 0 Å². The minimum Gasteiger partial charge on any atom is -0.454 e. The van der Waals surface area contributed by atoms with Crippen molar-refractivity contribution in [1.29, 1.82) is 0 Å². The van der Waals surface area contributed by atoms with Gasteiger partial charge in [0.1, 0.15) is 0 Å². The fourth-order valence-electron chi connectivity index (χ4n) is 2.28. The van der Waals surface area contributed by atoms with Crippen LogP contribution in [0.2, 0.25) is 0 Å². The van der Waals surface area contributed by atoms with E-state index in [9.17, 15) is 18.0 Å². The van der Waals surface area contributed by atoms with E-state index in [4.69, 9.17) is 4.74 Å². The minimum absolute atomic E-state index is 0.0235. The van der Waals surface area contributed by atoms with Gasteiger partial charge in [-0.2, -0.15) is 0 Å². The maximum Gasteiger partial charge on any atom is 0.338 e. The van der Waals surface area contributed by atoms with Gasteiger partial charge in [0.25, 0.3) is 10.0 Å². The molecule has 0 aliphatic rings. The number of aryl methyl sites for hydroxylation is 2. The molecule has 0 aliphatic carbocycles. The molecule has 6 nitrogen and oxygen atoms in total. The van der Waals surface area contributed by atoms with Crippen LogP contribution in [0.1, 0.15) is 42.3 Å². The summed E-state index contributed by atoms with van der Waals surface area (Å²) in [6.07, 6.45) is 0. The predicted octanol–water partition coefficient (Wildman–Crippen LogP) is 3.88. The quantitative estimate of drug-likeness (QED) is 0.740.